The van der Waals surface area contributed by atoms with Crippen LogP contribution >= 0.6 is 23.2 Å². The fraction of sp³-hybridized carbons (Fsp3) is 0.133. The number of benzene rings is 2. The van der Waals surface area contributed by atoms with Crippen molar-refractivity contribution in [2.45, 2.75) is 6.92 Å². The highest BCUT2D eigenvalue weighted by Gasteiger charge is 2.06. The molecule has 0 radical (unpaired) electrons. The van der Waals surface area contributed by atoms with E-state index >= 15 is 0 Å². The van der Waals surface area contributed by atoms with E-state index in [4.69, 9.17) is 27.9 Å². The van der Waals surface area contributed by atoms with Gasteiger partial charge in [-0.2, -0.15) is 0 Å². The first-order valence-corrected chi connectivity index (χ1v) is 6.75. The molecule has 0 saturated heterocycles. The molecule has 0 fully saturated rings. The number of para-hydroxylation sites is 1. The Morgan fingerprint density at radius 1 is 1.15 bits per heavy atom. The van der Waals surface area contributed by atoms with Crippen molar-refractivity contribution in [1.82, 2.24) is 0 Å². The Labute approximate surface area is 127 Å². The lowest BCUT2D eigenvalue weighted by molar-refractivity contribution is -0.118. The molecule has 0 saturated carbocycles. The summed E-state index contributed by atoms with van der Waals surface area (Å²) in [5.41, 5.74) is 1.46. The van der Waals surface area contributed by atoms with Crippen LogP contribution in [0, 0.1) is 6.92 Å². The van der Waals surface area contributed by atoms with Gasteiger partial charge in [0.2, 0.25) is 0 Å². The van der Waals surface area contributed by atoms with E-state index in [-0.39, 0.29) is 12.5 Å². The SMILES string of the molecule is Cc1cc(OCC(=O)Nc2ccccc2Cl)ccc1Cl. The fourth-order valence-electron chi connectivity index (χ4n) is 1.60. The molecule has 0 aromatic heterocycles. The molecule has 0 aliphatic carbocycles. The summed E-state index contributed by atoms with van der Waals surface area (Å²) in [6.07, 6.45) is 0. The number of amides is 1. The number of aryl methyl sites for hydroxylation is 1. The molecule has 0 spiro atoms. The van der Waals surface area contributed by atoms with E-state index in [1.54, 1.807) is 42.5 Å². The molecule has 2 aromatic rings. The highest BCUT2D eigenvalue weighted by atomic mass is 35.5. The van der Waals surface area contributed by atoms with Crippen molar-refractivity contribution in [1.29, 1.82) is 0 Å². The minimum atomic E-state index is -0.272. The van der Waals surface area contributed by atoms with Gasteiger partial charge in [-0.3, -0.25) is 4.79 Å². The molecule has 0 bridgehead atoms. The Balaban J connectivity index is 1.92. The third-order valence-electron chi connectivity index (χ3n) is 2.65. The number of carbonyl (C=O) groups excluding carboxylic acids is 1. The Kier molecular flexibility index (Phi) is 4.88. The molecule has 0 heterocycles. The van der Waals surface area contributed by atoms with Crippen LogP contribution in [-0.2, 0) is 4.79 Å². The van der Waals surface area contributed by atoms with Crippen molar-refractivity contribution in [3.63, 3.8) is 0 Å². The average molecular weight is 310 g/mol. The molecule has 1 N–H and O–H groups in total. The largest absolute Gasteiger partial charge is 0.484 e. The number of halogens is 2. The first kappa shape index (κ1) is 14.7. The summed E-state index contributed by atoms with van der Waals surface area (Å²) in [4.78, 5) is 11.8. The number of nitrogens with one attached hydrogen (secondary N) is 1. The second-order valence-electron chi connectivity index (χ2n) is 4.23. The molecular weight excluding hydrogens is 297 g/mol. The van der Waals surface area contributed by atoms with Gasteiger partial charge in [0, 0.05) is 5.02 Å². The van der Waals surface area contributed by atoms with Crippen LogP contribution < -0.4 is 10.1 Å². The molecule has 0 aliphatic heterocycles. The van der Waals surface area contributed by atoms with E-state index in [2.05, 4.69) is 5.32 Å². The van der Waals surface area contributed by atoms with Gasteiger partial charge in [-0.05, 0) is 42.8 Å². The van der Waals surface area contributed by atoms with Gasteiger partial charge in [0.15, 0.2) is 6.61 Å². The number of anilines is 1. The molecule has 5 heteroatoms. The van der Waals surface area contributed by atoms with Gasteiger partial charge in [0.05, 0.1) is 10.7 Å². The van der Waals surface area contributed by atoms with Crippen LogP contribution in [0.1, 0.15) is 5.56 Å². The van der Waals surface area contributed by atoms with E-state index < -0.39 is 0 Å². The predicted octanol–water partition coefficient (Wildman–Crippen LogP) is 4.32. The van der Waals surface area contributed by atoms with Crippen LogP contribution in [0.15, 0.2) is 42.5 Å². The number of hydrogen-bond acceptors (Lipinski definition) is 2. The summed E-state index contributed by atoms with van der Waals surface area (Å²) in [5.74, 6) is 0.326. The lowest BCUT2D eigenvalue weighted by Gasteiger charge is -2.09. The second-order valence-corrected chi connectivity index (χ2v) is 5.04. The number of hydrogen-bond donors (Lipinski definition) is 1. The van der Waals surface area contributed by atoms with Gasteiger partial charge in [0.1, 0.15) is 5.75 Å². The minimum Gasteiger partial charge on any atom is -0.484 e. The maximum atomic E-state index is 11.8. The van der Waals surface area contributed by atoms with E-state index in [1.807, 2.05) is 6.92 Å². The van der Waals surface area contributed by atoms with Crippen molar-refractivity contribution in [2.24, 2.45) is 0 Å². The van der Waals surface area contributed by atoms with Crippen molar-refractivity contribution in [3.8, 4) is 5.75 Å². The topological polar surface area (TPSA) is 38.3 Å². The maximum absolute atomic E-state index is 11.8. The molecular formula is C15H13Cl2NO2. The average Bonchev–Trinajstić information content (AvgIpc) is 2.43. The standard InChI is InChI=1S/C15H13Cl2NO2/c1-10-8-11(6-7-12(10)16)20-9-15(19)18-14-5-3-2-4-13(14)17/h2-8H,9H2,1H3,(H,18,19). The van der Waals surface area contributed by atoms with Crippen molar-refractivity contribution < 1.29 is 9.53 Å². The summed E-state index contributed by atoms with van der Waals surface area (Å²) in [6, 6.07) is 12.3. The van der Waals surface area contributed by atoms with Crippen LogP contribution in [-0.4, -0.2) is 12.5 Å². The Hall–Kier alpha value is -1.71. The summed E-state index contributed by atoms with van der Waals surface area (Å²) < 4.78 is 5.40. The summed E-state index contributed by atoms with van der Waals surface area (Å²) >= 11 is 11.9. The summed E-state index contributed by atoms with van der Waals surface area (Å²) in [7, 11) is 0. The van der Waals surface area contributed by atoms with Gasteiger partial charge < -0.3 is 10.1 Å². The third kappa shape index (κ3) is 3.89. The fourth-order valence-corrected chi connectivity index (χ4v) is 1.91. The lowest BCUT2D eigenvalue weighted by atomic mass is 10.2. The van der Waals surface area contributed by atoms with E-state index in [0.717, 1.165) is 5.56 Å². The van der Waals surface area contributed by atoms with Gasteiger partial charge in [-0.15, -0.1) is 0 Å². The monoisotopic (exact) mass is 309 g/mol. The molecule has 0 atom stereocenters. The summed E-state index contributed by atoms with van der Waals surface area (Å²) in [6.45, 7) is 1.78. The van der Waals surface area contributed by atoms with Gasteiger partial charge in [-0.25, -0.2) is 0 Å². The summed E-state index contributed by atoms with van der Waals surface area (Å²) in [5, 5.41) is 3.84. The highest BCUT2D eigenvalue weighted by molar-refractivity contribution is 6.33. The van der Waals surface area contributed by atoms with Gasteiger partial charge >= 0.3 is 0 Å². The molecule has 0 aliphatic rings. The van der Waals surface area contributed by atoms with Crippen LogP contribution in [0.3, 0.4) is 0 Å². The normalized spacial score (nSPS) is 10.2. The molecule has 3 nitrogen and oxygen atoms in total. The quantitative estimate of drug-likeness (QED) is 0.913. The smallest absolute Gasteiger partial charge is 0.262 e. The van der Waals surface area contributed by atoms with Crippen LogP contribution in [0.4, 0.5) is 5.69 Å². The van der Waals surface area contributed by atoms with Crippen molar-refractivity contribution in [2.75, 3.05) is 11.9 Å². The molecule has 1 amide bonds. The Morgan fingerprint density at radius 2 is 1.90 bits per heavy atom. The van der Waals surface area contributed by atoms with E-state index in [0.29, 0.717) is 21.5 Å². The third-order valence-corrected chi connectivity index (χ3v) is 3.40. The molecule has 104 valence electrons. The highest BCUT2D eigenvalue weighted by Crippen LogP contribution is 2.22. The zero-order valence-corrected chi connectivity index (χ0v) is 12.3. The number of rotatable bonds is 4. The van der Waals surface area contributed by atoms with Gasteiger partial charge in [-0.1, -0.05) is 35.3 Å². The van der Waals surface area contributed by atoms with Crippen LogP contribution in [0.25, 0.3) is 0 Å². The van der Waals surface area contributed by atoms with E-state index in [1.165, 1.54) is 0 Å². The second kappa shape index (κ2) is 6.64. The van der Waals surface area contributed by atoms with Gasteiger partial charge in [0.25, 0.3) is 5.91 Å². The lowest BCUT2D eigenvalue weighted by Crippen LogP contribution is -2.20. The molecule has 20 heavy (non-hydrogen) atoms. The van der Waals surface area contributed by atoms with Crippen molar-refractivity contribution in [3.05, 3.63) is 58.1 Å². The maximum Gasteiger partial charge on any atom is 0.262 e. The predicted molar refractivity (Wildman–Crippen MR) is 81.8 cm³/mol. The zero-order valence-electron chi connectivity index (χ0n) is 10.8. The molecule has 0 unspecified atom stereocenters. The Morgan fingerprint density at radius 3 is 2.60 bits per heavy atom. The minimum absolute atomic E-state index is 0.0910. The van der Waals surface area contributed by atoms with E-state index in [9.17, 15) is 4.79 Å². The first-order chi connectivity index (χ1) is 9.56. The zero-order chi connectivity index (χ0) is 14.5. The molecule has 2 aromatic carbocycles. The molecule has 2 rings (SSSR count). The first-order valence-electron chi connectivity index (χ1n) is 5.99. The Bertz CT molecular complexity index is 629. The number of carbonyl (C=O) groups is 1. The van der Waals surface area contributed by atoms with Crippen molar-refractivity contribution >= 4 is 34.8 Å². The van der Waals surface area contributed by atoms with Crippen LogP contribution in [0.5, 0.6) is 5.75 Å². The number of ether oxygens (including phenoxy) is 1. The van der Waals surface area contributed by atoms with Crippen LogP contribution in [0.2, 0.25) is 10.0 Å².